The molecule has 1 aromatic rings. The fourth-order valence-corrected chi connectivity index (χ4v) is 1.73. The summed E-state index contributed by atoms with van der Waals surface area (Å²) in [6.45, 7) is 0. The molecule has 1 unspecified atom stereocenters. The average Bonchev–Trinajstić information content (AvgIpc) is 2.25. The molecule has 0 fully saturated rings. The summed E-state index contributed by atoms with van der Waals surface area (Å²) in [5.74, 6) is -2.38. The van der Waals surface area contributed by atoms with Gasteiger partial charge < -0.3 is 4.74 Å². The van der Waals surface area contributed by atoms with Crippen molar-refractivity contribution in [1.29, 1.82) is 0 Å². The van der Waals surface area contributed by atoms with Crippen LogP contribution in [0.5, 0.6) is 0 Å². The minimum atomic E-state index is -1.85. The number of benzene rings is 1. The molecule has 1 aromatic carbocycles. The van der Waals surface area contributed by atoms with Crippen LogP contribution in [0.3, 0.4) is 0 Å². The molecule has 0 radical (unpaired) electrons. The van der Waals surface area contributed by atoms with Crippen molar-refractivity contribution in [3.8, 4) is 0 Å². The highest BCUT2D eigenvalue weighted by molar-refractivity contribution is 7.88. The van der Waals surface area contributed by atoms with Crippen molar-refractivity contribution in [3.05, 3.63) is 41.3 Å². The minimum Gasteiger partial charge on any atom is -0.466 e. The first-order chi connectivity index (χ1) is 7.54. The molecule has 0 amide bonds. The maximum atomic E-state index is 13.1. The highest BCUT2D eigenvalue weighted by Gasteiger charge is 2.08. The molecule has 0 N–H and O–H groups in total. The van der Waals surface area contributed by atoms with Crippen molar-refractivity contribution in [2.45, 2.75) is 4.90 Å². The summed E-state index contributed by atoms with van der Waals surface area (Å²) in [5, 5.41) is 0.974. The van der Waals surface area contributed by atoms with Gasteiger partial charge >= 0.3 is 5.97 Å². The average molecular weight is 246 g/mol. The van der Waals surface area contributed by atoms with E-state index >= 15 is 0 Å². The van der Waals surface area contributed by atoms with Gasteiger partial charge in [-0.25, -0.2) is 17.8 Å². The maximum absolute atomic E-state index is 13.1. The molecule has 1 rings (SSSR count). The third-order valence-corrected chi connectivity index (χ3v) is 2.79. The number of carbonyl (C=O) groups is 1. The van der Waals surface area contributed by atoms with Crippen LogP contribution >= 0.6 is 0 Å². The van der Waals surface area contributed by atoms with Crippen molar-refractivity contribution >= 4 is 16.8 Å². The predicted octanol–water partition coefficient (Wildman–Crippen LogP) is 1.76. The zero-order valence-corrected chi connectivity index (χ0v) is 9.09. The largest absolute Gasteiger partial charge is 0.466 e. The van der Waals surface area contributed by atoms with Crippen LogP contribution in [0, 0.1) is 11.6 Å². The summed E-state index contributed by atoms with van der Waals surface area (Å²) in [5.41, 5.74) is 0. The molecule has 86 valence electrons. The lowest BCUT2D eigenvalue weighted by Gasteiger charge is -1.98. The second-order valence-electron chi connectivity index (χ2n) is 2.70. The Kier molecular flexibility index (Phi) is 4.30. The molecule has 16 heavy (non-hydrogen) atoms. The summed E-state index contributed by atoms with van der Waals surface area (Å²) in [4.78, 5) is 10.5. The van der Waals surface area contributed by atoms with E-state index in [1.165, 1.54) is 0 Å². The van der Waals surface area contributed by atoms with E-state index in [1.807, 2.05) is 0 Å². The number of ether oxygens (including phenoxy) is 1. The quantitative estimate of drug-likeness (QED) is 0.603. The van der Waals surface area contributed by atoms with Gasteiger partial charge in [-0.05, 0) is 12.1 Å². The van der Waals surface area contributed by atoms with Crippen LogP contribution in [-0.2, 0) is 20.3 Å². The highest BCUT2D eigenvalue weighted by Crippen LogP contribution is 2.14. The van der Waals surface area contributed by atoms with Crippen molar-refractivity contribution in [3.63, 3.8) is 0 Å². The molecule has 0 saturated heterocycles. The molecular formula is C10H8F2O3S. The van der Waals surface area contributed by atoms with Crippen LogP contribution in [0.15, 0.2) is 34.6 Å². The van der Waals surface area contributed by atoms with E-state index < -0.39 is 28.4 Å². The van der Waals surface area contributed by atoms with Crippen molar-refractivity contribution < 1.29 is 22.5 Å². The van der Waals surface area contributed by atoms with Gasteiger partial charge in [0.05, 0.1) is 22.8 Å². The number of hydrogen-bond acceptors (Lipinski definition) is 3. The number of rotatable bonds is 3. The first kappa shape index (κ1) is 12.5. The lowest BCUT2D eigenvalue weighted by atomic mass is 10.3. The molecule has 3 nitrogen and oxygen atoms in total. The number of carbonyl (C=O) groups excluding carboxylic acids is 1. The Morgan fingerprint density at radius 2 is 2.12 bits per heavy atom. The van der Waals surface area contributed by atoms with Crippen LogP contribution in [0.2, 0.25) is 0 Å². The fraction of sp³-hybridized carbons (Fsp3) is 0.100. The van der Waals surface area contributed by atoms with E-state index in [0.29, 0.717) is 6.07 Å². The maximum Gasteiger partial charge on any atom is 0.331 e. The minimum absolute atomic E-state index is 0.193. The number of methoxy groups -OCH3 is 1. The molecular weight excluding hydrogens is 238 g/mol. The summed E-state index contributed by atoms with van der Waals surface area (Å²) in [7, 11) is -0.688. The molecule has 0 heterocycles. The van der Waals surface area contributed by atoms with Crippen LogP contribution in [0.25, 0.3) is 0 Å². The first-order valence-electron chi connectivity index (χ1n) is 4.16. The van der Waals surface area contributed by atoms with Gasteiger partial charge in [0.25, 0.3) is 0 Å². The molecule has 0 aliphatic carbocycles. The summed E-state index contributed by atoms with van der Waals surface area (Å²) in [6, 6.07) is 2.67. The third-order valence-electron chi connectivity index (χ3n) is 1.64. The zero-order valence-electron chi connectivity index (χ0n) is 8.28. The van der Waals surface area contributed by atoms with Gasteiger partial charge in [-0.2, -0.15) is 0 Å². The van der Waals surface area contributed by atoms with Gasteiger partial charge in [0.2, 0.25) is 0 Å². The first-order valence-corrected chi connectivity index (χ1v) is 5.37. The van der Waals surface area contributed by atoms with Crippen LogP contribution in [0.1, 0.15) is 0 Å². The van der Waals surface area contributed by atoms with Gasteiger partial charge in [0, 0.05) is 17.6 Å². The molecule has 0 aliphatic heterocycles. The van der Waals surface area contributed by atoms with E-state index in [2.05, 4.69) is 4.74 Å². The second-order valence-corrected chi connectivity index (χ2v) is 4.00. The lowest BCUT2D eigenvalue weighted by molar-refractivity contribution is -0.134. The second kappa shape index (κ2) is 5.50. The molecule has 6 heteroatoms. The Labute approximate surface area is 93.2 Å². The number of hydrogen-bond donors (Lipinski definition) is 0. The topological polar surface area (TPSA) is 43.4 Å². The number of esters is 1. The van der Waals surface area contributed by atoms with Gasteiger partial charge in [-0.1, -0.05) is 0 Å². The van der Waals surface area contributed by atoms with E-state index in [-0.39, 0.29) is 4.90 Å². The molecule has 0 aromatic heterocycles. The van der Waals surface area contributed by atoms with Gasteiger partial charge in [0.1, 0.15) is 11.6 Å². The molecule has 0 aliphatic rings. The Morgan fingerprint density at radius 3 is 2.69 bits per heavy atom. The van der Waals surface area contributed by atoms with Gasteiger partial charge in [-0.15, -0.1) is 0 Å². The smallest absolute Gasteiger partial charge is 0.331 e. The van der Waals surface area contributed by atoms with E-state index in [4.69, 9.17) is 0 Å². The highest BCUT2D eigenvalue weighted by atomic mass is 32.2. The molecule has 0 saturated carbocycles. The monoisotopic (exact) mass is 246 g/mol. The van der Waals surface area contributed by atoms with Crippen molar-refractivity contribution in [1.82, 2.24) is 0 Å². The summed E-state index contributed by atoms with van der Waals surface area (Å²) >= 11 is 0. The van der Waals surface area contributed by atoms with Crippen LogP contribution in [0.4, 0.5) is 8.78 Å². The Bertz CT molecular complexity index is 457. The van der Waals surface area contributed by atoms with Gasteiger partial charge in [-0.3, -0.25) is 0 Å². The van der Waals surface area contributed by atoms with Crippen LogP contribution < -0.4 is 0 Å². The fourth-order valence-electron chi connectivity index (χ4n) is 0.897. The molecule has 0 spiro atoms. The van der Waals surface area contributed by atoms with Gasteiger partial charge in [0.15, 0.2) is 0 Å². The Morgan fingerprint density at radius 1 is 1.44 bits per heavy atom. The summed E-state index contributed by atoms with van der Waals surface area (Å²) in [6.07, 6.45) is 0.916. The van der Waals surface area contributed by atoms with Crippen LogP contribution in [-0.4, -0.2) is 17.3 Å². The molecule has 1 atom stereocenters. The number of halogens is 2. The lowest BCUT2D eigenvalue weighted by Crippen LogP contribution is -1.97. The van der Waals surface area contributed by atoms with E-state index in [1.54, 1.807) is 0 Å². The Hall–Kier alpha value is -1.56. The van der Waals surface area contributed by atoms with E-state index in [0.717, 1.165) is 30.7 Å². The summed E-state index contributed by atoms with van der Waals surface area (Å²) < 4.78 is 41.4. The molecule has 0 bridgehead atoms. The van der Waals surface area contributed by atoms with Crippen molar-refractivity contribution in [2.24, 2.45) is 0 Å². The normalized spacial score (nSPS) is 12.7. The Balaban J connectivity index is 2.89. The predicted molar refractivity (Wildman–Crippen MR) is 53.9 cm³/mol. The zero-order chi connectivity index (χ0) is 12.1. The SMILES string of the molecule is COC(=O)/C=C/S(=O)c1ccc(F)cc1F. The standard InChI is InChI=1S/C10H8F2O3S/c1-15-10(13)4-5-16(14)9-3-2-7(11)6-8(9)12/h2-6H,1H3/b5-4+. The van der Waals surface area contributed by atoms with E-state index in [9.17, 15) is 17.8 Å². The van der Waals surface area contributed by atoms with Crippen molar-refractivity contribution in [2.75, 3.05) is 7.11 Å². The third kappa shape index (κ3) is 3.23.